The van der Waals surface area contributed by atoms with Gasteiger partial charge in [-0.15, -0.1) is 0 Å². The number of halogens is 1. The Bertz CT molecular complexity index is 403. The quantitative estimate of drug-likeness (QED) is 0.915. The number of ether oxygens (including phenoxy) is 1. The van der Waals surface area contributed by atoms with Gasteiger partial charge in [0.2, 0.25) is 0 Å². The summed E-state index contributed by atoms with van der Waals surface area (Å²) in [5.74, 6) is 1.04. The van der Waals surface area contributed by atoms with Gasteiger partial charge in [0.05, 0.1) is 6.61 Å². The molecule has 0 saturated heterocycles. The molecule has 1 atom stereocenters. The van der Waals surface area contributed by atoms with Crippen molar-refractivity contribution in [1.82, 2.24) is 5.32 Å². The van der Waals surface area contributed by atoms with E-state index in [0.717, 1.165) is 29.8 Å². The molecule has 3 heteroatoms. The number of hydrogen-bond donors (Lipinski definition) is 1. The Balaban J connectivity index is 2.06. The van der Waals surface area contributed by atoms with Crippen LogP contribution >= 0.6 is 15.9 Å². The van der Waals surface area contributed by atoms with Crippen molar-refractivity contribution in [3.05, 3.63) is 40.4 Å². The van der Waals surface area contributed by atoms with Gasteiger partial charge in [-0.2, -0.15) is 0 Å². The Kier molecular flexibility index (Phi) is 3.66. The van der Waals surface area contributed by atoms with E-state index in [1.807, 2.05) is 0 Å². The summed E-state index contributed by atoms with van der Waals surface area (Å²) in [5.41, 5.74) is 2.63. The topological polar surface area (TPSA) is 21.3 Å². The monoisotopic (exact) mass is 281 g/mol. The van der Waals surface area contributed by atoms with Crippen LogP contribution in [0.3, 0.4) is 0 Å². The van der Waals surface area contributed by atoms with E-state index in [-0.39, 0.29) is 0 Å². The molecule has 1 unspecified atom stereocenters. The van der Waals surface area contributed by atoms with E-state index >= 15 is 0 Å². The molecule has 0 amide bonds. The molecule has 0 saturated carbocycles. The van der Waals surface area contributed by atoms with Crippen molar-refractivity contribution in [2.75, 3.05) is 13.2 Å². The Labute approximate surface area is 105 Å². The summed E-state index contributed by atoms with van der Waals surface area (Å²) in [4.78, 5) is 0. The summed E-state index contributed by atoms with van der Waals surface area (Å²) in [5, 5.41) is 3.40. The van der Waals surface area contributed by atoms with Crippen LogP contribution in [0.15, 0.2) is 29.3 Å². The van der Waals surface area contributed by atoms with Gasteiger partial charge in [-0.05, 0) is 24.1 Å². The van der Waals surface area contributed by atoms with Crippen LogP contribution in [0.1, 0.15) is 24.1 Å². The molecule has 2 rings (SSSR count). The van der Waals surface area contributed by atoms with Gasteiger partial charge in [-0.25, -0.2) is 0 Å². The summed E-state index contributed by atoms with van der Waals surface area (Å²) < 4.78 is 6.47. The zero-order valence-corrected chi connectivity index (χ0v) is 11.0. The molecule has 0 bridgehead atoms. The number of rotatable bonds is 4. The lowest BCUT2D eigenvalue weighted by Gasteiger charge is -2.14. The van der Waals surface area contributed by atoms with Gasteiger partial charge < -0.3 is 10.1 Å². The van der Waals surface area contributed by atoms with Gasteiger partial charge >= 0.3 is 0 Å². The highest BCUT2D eigenvalue weighted by Gasteiger charge is 2.14. The summed E-state index contributed by atoms with van der Waals surface area (Å²) >= 11 is 3.35. The fraction of sp³-hybridized carbons (Fsp3) is 0.385. The van der Waals surface area contributed by atoms with E-state index in [1.165, 1.54) is 11.1 Å². The third-order valence-electron chi connectivity index (χ3n) is 2.81. The average molecular weight is 282 g/mol. The van der Waals surface area contributed by atoms with Crippen LogP contribution < -0.4 is 10.1 Å². The van der Waals surface area contributed by atoms with E-state index < -0.39 is 0 Å². The average Bonchev–Trinajstić information content (AvgIpc) is 2.72. The fourth-order valence-corrected chi connectivity index (χ4v) is 2.02. The Morgan fingerprint density at radius 2 is 2.44 bits per heavy atom. The van der Waals surface area contributed by atoms with Crippen LogP contribution in [0.4, 0.5) is 0 Å². The van der Waals surface area contributed by atoms with Gasteiger partial charge in [0.15, 0.2) is 0 Å². The third-order valence-corrected chi connectivity index (χ3v) is 3.09. The van der Waals surface area contributed by atoms with Gasteiger partial charge in [0.25, 0.3) is 0 Å². The fourth-order valence-electron chi connectivity index (χ4n) is 1.86. The first kappa shape index (κ1) is 11.7. The second-order valence-corrected chi connectivity index (χ2v) is 5.21. The van der Waals surface area contributed by atoms with Gasteiger partial charge in [-0.3, -0.25) is 0 Å². The van der Waals surface area contributed by atoms with E-state index in [9.17, 15) is 0 Å². The molecule has 1 aliphatic rings. The third kappa shape index (κ3) is 2.66. The van der Waals surface area contributed by atoms with Crippen molar-refractivity contribution >= 4 is 15.9 Å². The maximum absolute atomic E-state index is 5.49. The molecule has 1 N–H and O–H groups in total. The highest BCUT2D eigenvalue weighted by molar-refractivity contribution is 9.11. The highest BCUT2D eigenvalue weighted by atomic mass is 79.9. The number of benzene rings is 1. The minimum atomic E-state index is 0.334. The van der Waals surface area contributed by atoms with Gasteiger partial charge in [0.1, 0.15) is 5.75 Å². The second-order valence-electron chi connectivity index (χ2n) is 4.09. The molecule has 1 aliphatic heterocycles. The molecule has 0 fully saturated rings. The SMILES string of the molecule is C=C(Br)CNC(C)c1ccc2c(c1)CCO2. The van der Waals surface area contributed by atoms with Crippen molar-refractivity contribution < 1.29 is 4.74 Å². The summed E-state index contributed by atoms with van der Waals surface area (Å²) in [7, 11) is 0. The summed E-state index contributed by atoms with van der Waals surface area (Å²) in [6, 6.07) is 6.76. The molecule has 1 heterocycles. The van der Waals surface area contributed by atoms with Crippen molar-refractivity contribution in [3.63, 3.8) is 0 Å². The van der Waals surface area contributed by atoms with E-state index in [1.54, 1.807) is 0 Å². The second kappa shape index (κ2) is 5.02. The number of fused-ring (bicyclic) bond motifs is 1. The first-order valence-electron chi connectivity index (χ1n) is 5.49. The van der Waals surface area contributed by atoms with Crippen LogP contribution in [0.25, 0.3) is 0 Å². The molecule has 0 aromatic heterocycles. The first-order chi connectivity index (χ1) is 7.66. The summed E-state index contributed by atoms with van der Waals surface area (Å²) in [6.07, 6.45) is 1.03. The molecule has 0 spiro atoms. The lowest BCUT2D eigenvalue weighted by atomic mass is 10.0. The largest absolute Gasteiger partial charge is 0.493 e. The minimum Gasteiger partial charge on any atom is -0.493 e. The highest BCUT2D eigenvalue weighted by Crippen LogP contribution is 2.28. The van der Waals surface area contributed by atoms with Gasteiger partial charge in [-0.1, -0.05) is 34.6 Å². The van der Waals surface area contributed by atoms with Crippen LogP contribution in [0, 0.1) is 0 Å². The summed E-state index contributed by atoms with van der Waals surface area (Å²) in [6.45, 7) is 7.58. The smallest absolute Gasteiger partial charge is 0.122 e. The normalized spacial score (nSPS) is 15.4. The van der Waals surface area contributed by atoms with Crippen LogP contribution in [0.5, 0.6) is 5.75 Å². The zero-order chi connectivity index (χ0) is 11.5. The Hall–Kier alpha value is -0.800. The number of hydrogen-bond acceptors (Lipinski definition) is 2. The molecule has 0 radical (unpaired) electrons. The Morgan fingerprint density at radius 1 is 1.62 bits per heavy atom. The molecule has 1 aromatic rings. The van der Waals surface area contributed by atoms with Crippen molar-refractivity contribution in [1.29, 1.82) is 0 Å². The van der Waals surface area contributed by atoms with E-state index in [2.05, 4.69) is 52.9 Å². The Morgan fingerprint density at radius 3 is 3.19 bits per heavy atom. The van der Waals surface area contributed by atoms with Crippen LogP contribution in [-0.4, -0.2) is 13.2 Å². The molecular formula is C13H16BrNO. The maximum Gasteiger partial charge on any atom is 0.122 e. The lowest BCUT2D eigenvalue weighted by Crippen LogP contribution is -2.19. The van der Waals surface area contributed by atoms with E-state index in [4.69, 9.17) is 4.74 Å². The molecule has 0 aliphatic carbocycles. The lowest BCUT2D eigenvalue weighted by molar-refractivity contribution is 0.357. The molecule has 2 nitrogen and oxygen atoms in total. The standard InChI is InChI=1S/C13H16BrNO/c1-9(14)8-15-10(2)11-3-4-13-12(7-11)5-6-16-13/h3-4,7,10,15H,1,5-6,8H2,2H3. The van der Waals surface area contributed by atoms with Crippen LogP contribution in [0.2, 0.25) is 0 Å². The maximum atomic E-state index is 5.49. The minimum absolute atomic E-state index is 0.334. The molecule has 1 aromatic carbocycles. The first-order valence-corrected chi connectivity index (χ1v) is 6.28. The van der Waals surface area contributed by atoms with E-state index in [0.29, 0.717) is 6.04 Å². The van der Waals surface area contributed by atoms with Crippen molar-refractivity contribution in [3.8, 4) is 5.75 Å². The molecular weight excluding hydrogens is 266 g/mol. The van der Waals surface area contributed by atoms with Gasteiger partial charge in [0, 0.05) is 23.5 Å². The van der Waals surface area contributed by atoms with Crippen molar-refractivity contribution in [2.45, 2.75) is 19.4 Å². The zero-order valence-electron chi connectivity index (χ0n) is 9.42. The number of nitrogens with one attached hydrogen (secondary N) is 1. The predicted octanol–water partition coefficient (Wildman–Crippen LogP) is 3.18. The van der Waals surface area contributed by atoms with Crippen molar-refractivity contribution in [2.24, 2.45) is 0 Å². The van der Waals surface area contributed by atoms with Crippen LogP contribution in [-0.2, 0) is 6.42 Å². The molecule has 86 valence electrons. The molecule has 16 heavy (non-hydrogen) atoms. The predicted molar refractivity (Wildman–Crippen MR) is 70.1 cm³/mol.